The Kier molecular flexibility index (Phi) is 2.45. The summed E-state index contributed by atoms with van der Waals surface area (Å²) >= 11 is 1.34. The first-order valence-electron chi connectivity index (χ1n) is 5.22. The Hall–Kier alpha value is -2.08. The summed E-state index contributed by atoms with van der Waals surface area (Å²) in [5, 5.41) is 10.2. The molecule has 1 aromatic heterocycles. The zero-order valence-electron chi connectivity index (χ0n) is 9.11. The summed E-state index contributed by atoms with van der Waals surface area (Å²) in [6, 6.07) is 3.60. The highest BCUT2D eigenvalue weighted by Crippen LogP contribution is 2.44. The topological polar surface area (TPSA) is 70.5 Å². The third-order valence-corrected chi connectivity index (χ3v) is 3.86. The van der Waals surface area contributed by atoms with Gasteiger partial charge >= 0.3 is 5.97 Å². The molecule has 1 aromatic rings. The van der Waals surface area contributed by atoms with E-state index in [1.54, 1.807) is 30.6 Å². The second-order valence-corrected chi connectivity index (χ2v) is 4.81. The second kappa shape index (κ2) is 3.99. The molecule has 1 amide bonds. The summed E-state index contributed by atoms with van der Waals surface area (Å²) in [4.78, 5) is 28.0. The number of carboxylic acid groups (broad SMARTS) is 1. The molecule has 90 valence electrons. The predicted octanol–water partition coefficient (Wildman–Crippen LogP) is 1.31. The van der Waals surface area contributed by atoms with Gasteiger partial charge < -0.3 is 5.11 Å². The number of amides is 1. The van der Waals surface area contributed by atoms with Crippen LogP contribution in [0.4, 0.5) is 0 Å². The third-order valence-electron chi connectivity index (χ3n) is 2.78. The zero-order chi connectivity index (χ0) is 12.7. The molecule has 1 saturated heterocycles. The molecule has 1 fully saturated rings. The normalized spacial score (nSPS) is 23.7. The quantitative estimate of drug-likeness (QED) is 0.641. The highest BCUT2D eigenvalue weighted by atomic mass is 32.2. The Morgan fingerprint density at radius 3 is 2.83 bits per heavy atom. The first-order chi connectivity index (χ1) is 8.68. The van der Waals surface area contributed by atoms with Crippen LogP contribution in [0.15, 0.2) is 41.2 Å². The number of hydrogen-bond acceptors (Lipinski definition) is 4. The summed E-state index contributed by atoms with van der Waals surface area (Å²) < 4.78 is 0. The fourth-order valence-corrected chi connectivity index (χ4v) is 3.02. The second-order valence-electron chi connectivity index (χ2n) is 3.85. The van der Waals surface area contributed by atoms with Gasteiger partial charge in [-0.3, -0.25) is 14.7 Å². The van der Waals surface area contributed by atoms with Crippen LogP contribution in [0.3, 0.4) is 0 Å². The van der Waals surface area contributed by atoms with Gasteiger partial charge in [-0.25, -0.2) is 4.79 Å². The van der Waals surface area contributed by atoms with Gasteiger partial charge in [0.2, 0.25) is 0 Å². The number of pyridine rings is 1. The van der Waals surface area contributed by atoms with Crippen LogP contribution in [-0.4, -0.2) is 32.2 Å². The Labute approximate surface area is 107 Å². The van der Waals surface area contributed by atoms with E-state index in [0.717, 1.165) is 5.56 Å². The lowest BCUT2D eigenvalue weighted by atomic mass is 10.0. The van der Waals surface area contributed by atoms with Gasteiger partial charge in [0.25, 0.3) is 5.91 Å². The summed E-state index contributed by atoms with van der Waals surface area (Å²) in [7, 11) is 0. The molecular weight excluding hydrogens is 252 g/mol. The summed E-state index contributed by atoms with van der Waals surface area (Å²) in [6.45, 7) is 0. The fraction of sp³-hybridized carbons (Fsp3) is 0.0833. The van der Waals surface area contributed by atoms with E-state index < -0.39 is 5.97 Å². The molecule has 0 aliphatic carbocycles. The molecule has 0 aromatic carbocycles. The number of carboxylic acids is 1. The minimum absolute atomic E-state index is 0.0573. The van der Waals surface area contributed by atoms with Gasteiger partial charge in [-0.1, -0.05) is 0 Å². The van der Waals surface area contributed by atoms with Crippen molar-refractivity contribution in [3.63, 3.8) is 0 Å². The molecule has 2 aliphatic rings. The number of nitrogens with zero attached hydrogens (tertiary/aromatic N) is 2. The SMILES string of the molecule is O=C(O)C1=CSC2/C(=C\c3ccncc3)C(=O)N12. The number of carbonyl (C=O) groups is 2. The minimum atomic E-state index is -1.07. The van der Waals surface area contributed by atoms with E-state index >= 15 is 0 Å². The van der Waals surface area contributed by atoms with Gasteiger partial charge in [-0.2, -0.15) is 0 Å². The Balaban J connectivity index is 1.87. The average Bonchev–Trinajstić information content (AvgIpc) is 2.77. The Bertz CT molecular complexity index is 595. The largest absolute Gasteiger partial charge is 0.477 e. The van der Waals surface area contributed by atoms with Crippen molar-refractivity contribution in [2.45, 2.75) is 5.37 Å². The number of carbonyl (C=O) groups excluding carboxylic acids is 1. The minimum Gasteiger partial charge on any atom is -0.477 e. The number of hydrogen-bond donors (Lipinski definition) is 1. The van der Waals surface area contributed by atoms with Crippen LogP contribution >= 0.6 is 11.8 Å². The highest BCUT2D eigenvalue weighted by Gasteiger charge is 2.49. The van der Waals surface area contributed by atoms with Crippen molar-refractivity contribution in [2.24, 2.45) is 0 Å². The number of β-lactam (4-membered cyclic amide) rings is 1. The standard InChI is InChI=1S/C12H8N2O3S/c15-10-8(5-7-1-3-13-4-2-7)11-14(10)9(6-18-11)12(16)17/h1-6,11H,(H,16,17)/b8-5-. The number of rotatable bonds is 2. The van der Waals surface area contributed by atoms with Gasteiger partial charge in [0.1, 0.15) is 11.1 Å². The fourth-order valence-electron chi connectivity index (χ4n) is 1.91. The first kappa shape index (κ1) is 11.0. The lowest BCUT2D eigenvalue weighted by Gasteiger charge is -2.37. The molecular formula is C12H8N2O3S. The van der Waals surface area contributed by atoms with E-state index in [-0.39, 0.29) is 17.0 Å². The van der Waals surface area contributed by atoms with Crippen LogP contribution in [0.2, 0.25) is 0 Å². The molecule has 5 nitrogen and oxygen atoms in total. The van der Waals surface area contributed by atoms with Crippen LogP contribution < -0.4 is 0 Å². The lowest BCUT2D eigenvalue weighted by Crippen LogP contribution is -2.51. The van der Waals surface area contributed by atoms with Crippen LogP contribution in [0.5, 0.6) is 0 Å². The number of fused-ring (bicyclic) bond motifs is 1. The monoisotopic (exact) mass is 260 g/mol. The van der Waals surface area contributed by atoms with Crippen molar-refractivity contribution >= 4 is 29.7 Å². The van der Waals surface area contributed by atoms with E-state index in [4.69, 9.17) is 5.11 Å². The van der Waals surface area contributed by atoms with E-state index in [2.05, 4.69) is 4.98 Å². The number of aliphatic carboxylic acids is 1. The predicted molar refractivity (Wildman–Crippen MR) is 66.2 cm³/mol. The maximum Gasteiger partial charge on any atom is 0.353 e. The van der Waals surface area contributed by atoms with Gasteiger partial charge in [0, 0.05) is 17.8 Å². The van der Waals surface area contributed by atoms with Gasteiger partial charge in [-0.05, 0) is 23.8 Å². The maximum absolute atomic E-state index is 11.9. The van der Waals surface area contributed by atoms with Gasteiger partial charge in [0.15, 0.2) is 0 Å². The van der Waals surface area contributed by atoms with Gasteiger partial charge in [0.05, 0.1) is 5.57 Å². The number of aromatic nitrogens is 1. The molecule has 0 bridgehead atoms. The zero-order valence-corrected chi connectivity index (χ0v) is 9.92. The molecule has 6 heteroatoms. The average molecular weight is 260 g/mol. The van der Waals surface area contributed by atoms with Crippen LogP contribution in [-0.2, 0) is 9.59 Å². The molecule has 1 unspecified atom stereocenters. The van der Waals surface area contributed by atoms with Crippen molar-refractivity contribution in [3.8, 4) is 0 Å². The molecule has 1 N–H and O–H groups in total. The van der Waals surface area contributed by atoms with E-state index in [0.29, 0.717) is 5.57 Å². The van der Waals surface area contributed by atoms with Crippen molar-refractivity contribution in [1.29, 1.82) is 0 Å². The molecule has 2 aliphatic heterocycles. The van der Waals surface area contributed by atoms with Crippen LogP contribution in [0.25, 0.3) is 6.08 Å². The summed E-state index contributed by atoms with van der Waals surface area (Å²) in [6.07, 6.45) is 5.07. The van der Waals surface area contributed by atoms with Crippen molar-refractivity contribution in [2.75, 3.05) is 0 Å². The summed E-state index contributed by atoms with van der Waals surface area (Å²) in [5.41, 5.74) is 1.57. The molecule has 0 saturated carbocycles. The molecule has 3 rings (SSSR count). The maximum atomic E-state index is 11.9. The first-order valence-corrected chi connectivity index (χ1v) is 6.17. The van der Waals surface area contributed by atoms with E-state index in [1.807, 2.05) is 0 Å². The van der Waals surface area contributed by atoms with Crippen LogP contribution in [0.1, 0.15) is 5.56 Å². The molecule has 3 heterocycles. The smallest absolute Gasteiger partial charge is 0.353 e. The number of thioether (sulfide) groups is 1. The highest BCUT2D eigenvalue weighted by molar-refractivity contribution is 8.03. The summed E-state index contributed by atoms with van der Waals surface area (Å²) in [5.74, 6) is -1.31. The van der Waals surface area contributed by atoms with Crippen molar-refractivity contribution < 1.29 is 14.7 Å². The van der Waals surface area contributed by atoms with Crippen molar-refractivity contribution in [1.82, 2.24) is 9.88 Å². The van der Waals surface area contributed by atoms with Crippen LogP contribution in [0, 0.1) is 0 Å². The molecule has 0 radical (unpaired) electrons. The van der Waals surface area contributed by atoms with E-state index in [9.17, 15) is 9.59 Å². The molecule has 1 atom stereocenters. The molecule has 0 spiro atoms. The lowest BCUT2D eigenvalue weighted by molar-refractivity contribution is -0.141. The van der Waals surface area contributed by atoms with E-state index in [1.165, 1.54) is 22.1 Å². The Morgan fingerprint density at radius 2 is 2.17 bits per heavy atom. The Morgan fingerprint density at radius 1 is 1.44 bits per heavy atom. The third kappa shape index (κ3) is 1.53. The van der Waals surface area contributed by atoms with Gasteiger partial charge in [-0.15, -0.1) is 11.8 Å². The molecule has 18 heavy (non-hydrogen) atoms. The van der Waals surface area contributed by atoms with Crippen molar-refractivity contribution in [3.05, 3.63) is 46.8 Å².